The van der Waals surface area contributed by atoms with Gasteiger partial charge in [-0.1, -0.05) is 0 Å². The average Bonchev–Trinajstić information content (AvgIpc) is 1.50. The van der Waals surface area contributed by atoms with E-state index >= 15 is 0 Å². The van der Waals surface area contributed by atoms with E-state index < -0.39 is 0 Å². The van der Waals surface area contributed by atoms with Gasteiger partial charge in [0.15, 0.2) is 0 Å². The SMILES string of the molecule is [O-]P.[O-]P.[Zn+2]. The van der Waals surface area contributed by atoms with Gasteiger partial charge in [0, 0.05) is 0 Å². The topological polar surface area (TPSA) is 46.1 Å². The van der Waals surface area contributed by atoms with E-state index in [0.717, 1.165) is 0 Å². The Balaban J connectivity index is -0.0000000133. The second-order valence-electron chi connectivity index (χ2n) is 0. The van der Waals surface area contributed by atoms with E-state index in [-0.39, 0.29) is 19.5 Å². The van der Waals surface area contributed by atoms with Gasteiger partial charge in [0.25, 0.3) is 0 Å². The maximum atomic E-state index is 8.17. The zero-order chi connectivity index (χ0) is 4.00. The van der Waals surface area contributed by atoms with Crippen LogP contribution in [0.1, 0.15) is 0 Å². The van der Waals surface area contributed by atoms with Crippen molar-refractivity contribution in [3.05, 3.63) is 0 Å². The standard InChI is InChI=1S/2H2OP.Zn/c2*1-2;/h2*2H2;/q2*-1;+2. The molecule has 0 spiro atoms. The predicted molar refractivity (Wildman–Crippen MR) is 19.4 cm³/mol. The molecular formula is H4O2P2Zn. The van der Waals surface area contributed by atoms with Gasteiger partial charge in [0.05, 0.1) is 0 Å². The summed E-state index contributed by atoms with van der Waals surface area (Å²) in [6.45, 7) is 0. The molecule has 2 atom stereocenters. The minimum Gasteiger partial charge on any atom is -0.834 e. The summed E-state index contributed by atoms with van der Waals surface area (Å²) < 4.78 is 0. The van der Waals surface area contributed by atoms with Crippen LogP contribution in [-0.2, 0) is 19.5 Å². The molecule has 0 aliphatic carbocycles. The molecule has 0 aromatic carbocycles. The van der Waals surface area contributed by atoms with E-state index in [1.165, 1.54) is 18.9 Å². The molecular weight excluding hydrogens is 159 g/mol. The van der Waals surface area contributed by atoms with Gasteiger partial charge >= 0.3 is 19.5 Å². The Bertz CT molecular complexity index is 7.61. The van der Waals surface area contributed by atoms with Gasteiger partial charge in [0.2, 0.25) is 0 Å². The quantitative estimate of drug-likeness (QED) is 0.315. The van der Waals surface area contributed by atoms with Crippen molar-refractivity contribution in [2.24, 2.45) is 0 Å². The molecule has 0 aliphatic heterocycles. The van der Waals surface area contributed by atoms with Gasteiger partial charge in [-0.05, 0) is 0 Å². The van der Waals surface area contributed by atoms with Crippen molar-refractivity contribution in [1.29, 1.82) is 0 Å². The number of hydrogen-bond acceptors (Lipinski definition) is 2. The van der Waals surface area contributed by atoms with Gasteiger partial charge in [0.1, 0.15) is 0 Å². The van der Waals surface area contributed by atoms with Crippen LogP contribution in [-0.4, -0.2) is 0 Å². The first kappa shape index (κ1) is 16.1. The smallest absolute Gasteiger partial charge is 0.834 e. The van der Waals surface area contributed by atoms with Gasteiger partial charge in [-0.2, -0.15) is 0 Å². The molecule has 0 bridgehead atoms. The van der Waals surface area contributed by atoms with E-state index in [0.29, 0.717) is 0 Å². The van der Waals surface area contributed by atoms with E-state index in [9.17, 15) is 0 Å². The van der Waals surface area contributed by atoms with Crippen LogP contribution in [0.4, 0.5) is 0 Å². The Hall–Kier alpha value is 1.40. The third-order valence-electron chi connectivity index (χ3n) is 0. The van der Waals surface area contributed by atoms with Crippen molar-refractivity contribution in [2.75, 3.05) is 0 Å². The molecule has 5 heavy (non-hydrogen) atoms. The van der Waals surface area contributed by atoms with Crippen LogP contribution in [0.2, 0.25) is 0 Å². The second-order valence-corrected chi connectivity index (χ2v) is 0. The Morgan fingerprint density at radius 2 is 0.800 bits per heavy atom. The van der Waals surface area contributed by atoms with Crippen molar-refractivity contribution >= 4 is 18.9 Å². The summed E-state index contributed by atoms with van der Waals surface area (Å²) in [5.74, 6) is 0. The van der Waals surface area contributed by atoms with Crippen LogP contribution < -0.4 is 9.79 Å². The van der Waals surface area contributed by atoms with Crippen molar-refractivity contribution in [3.8, 4) is 0 Å². The van der Waals surface area contributed by atoms with E-state index in [1.54, 1.807) is 0 Å². The molecule has 2 unspecified atom stereocenters. The summed E-state index contributed by atoms with van der Waals surface area (Å²) >= 11 is 0. The summed E-state index contributed by atoms with van der Waals surface area (Å²) in [6.07, 6.45) is 0. The zero-order valence-corrected chi connectivity index (χ0v) is 7.95. The fraction of sp³-hybridized carbons (Fsp3) is 0. The van der Waals surface area contributed by atoms with Crippen molar-refractivity contribution in [3.63, 3.8) is 0 Å². The molecule has 0 heterocycles. The van der Waals surface area contributed by atoms with Crippen LogP contribution in [0.5, 0.6) is 0 Å². The number of hydrogen-bond donors (Lipinski definition) is 0. The maximum Gasteiger partial charge on any atom is 2.00 e. The van der Waals surface area contributed by atoms with E-state index in [1.807, 2.05) is 0 Å². The first-order valence-corrected chi connectivity index (χ1v) is 1.41. The summed E-state index contributed by atoms with van der Waals surface area (Å²) in [6, 6.07) is 0. The first-order chi connectivity index (χ1) is 2.00. The second kappa shape index (κ2) is 53.2. The van der Waals surface area contributed by atoms with Gasteiger partial charge in [-0.3, -0.25) is 0 Å². The summed E-state index contributed by atoms with van der Waals surface area (Å²) in [5.41, 5.74) is 0. The molecule has 2 nitrogen and oxygen atoms in total. The molecule has 0 rings (SSSR count). The summed E-state index contributed by atoms with van der Waals surface area (Å²) in [7, 11) is 2.33. The van der Waals surface area contributed by atoms with Gasteiger partial charge in [-0.15, -0.1) is 0 Å². The average molecular weight is 163 g/mol. The van der Waals surface area contributed by atoms with Gasteiger partial charge in [-0.25, -0.2) is 18.9 Å². The minimum absolute atomic E-state index is 0. The van der Waals surface area contributed by atoms with Crippen LogP contribution in [0.3, 0.4) is 0 Å². The molecule has 0 saturated heterocycles. The van der Waals surface area contributed by atoms with Crippen molar-refractivity contribution < 1.29 is 29.3 Å². The number of rotatable bonds is 0. The van der Waals surface area contributed by atoms with Crippen LogP contribution in [0.25, 0.3) is 0 Å². The molecule has 0 aromatic rings. The normalized spacial score (nSPS) is 2.40. The Kier molecular flexibility index (Phi) is 172. The van der Waals surface area contributed by atoms with Crippen LogP contribution >= 0.6 is 18.9 Å². The largest absolute Gasteiger partial charge is 2.00 e. The Morgan fingerprint density at radius 1 is 0.800 bits per heavy atom. The Morgan fingerprint density at radius 3 is 0.800 bits per heavy atom. The maximum absolute atomic E-state index is 8.17. The molecule has 0 fully saturated rings. The molecule has 28 valence electrons. The van der Waals surface area contributed by atoms with Gasteiger partial charge < -0.3 is 9.79 Å². The summed E-state index contributed by atoms with van der Waals surface area (Å²) in [4.78, 5) is 16.3. The predicted octanol–water partition coefficient (Wildman–Crippen LogP) is -1.73. The molecule has 0 aliphatic rings. The monoisotopic (exact) mass is 162 g/mol. The fourth-order valence-corrected chi connectivity index (χ4v) is 0. The Labute approximate surface area is 48.7 Å². The van der Waals surface area contributed by atoms with Crippen LogP contribution in [0.15, 0.2) is 0 Å². The zero-order valence-electron chi connectivity index (χ0n) is 2.68. The fourth-order valence-electron chi connectivity index (χ4n) is 0. The third kappa shape index (κ3) is 31.8. The minimum atomic E-state index is 0. The molecule has 0 amide bonds. The van der Waals surface area contributed by atoms with E-state index in [4.69, 9.17) is 9.79 Å². The van der Waals surface area contributed by atoms with Crippen molar-refractivity contribution in [2.45, 2.75) is 0 Å². The van der Waals surface area contributed by atoms with Crippen LogP contribution in [0, 0.1) is 0 Å². The molecule has 0 N–H and O–H groups in total. The molecule has 5 heteroatoms. The molecule has 0 radical (unpaired) electrons. The molecule has 0 saturated carbocycles. The first-order valence-electron chi connectivity index (χ1n) is 0.471. The summed E-state index contributed by atoms with van der Waals surface area (Å²) in [5, 5.41) is 0. The van der Waals surface area contributed by atoms with E-state index in [2.05, 4.69) is 0 Å². The van der Waals surface area contributed by atoms with Crippen molar-refractivity contribution in [1.82, 2.24) is 0 Å². The molecule has 0 aromatic heterocycles. The third-order valence-corrected chi connectivity index (χ3v) is 0.